The third-order valence-corrected chi connectivity index (χ3v) is 8.04. The van der Waals surface area contributed by atoms with Crippen molar-refractivity contribution in [1.29, 1.82) is 0 Å². The summed E-state index contributed by atoms with van der Waals surface area (Å²) in [5, 5.41) is 3.10. The summed E-state index contributed by atoms with van der Waals surface area (Å²) in [5.41, 5.74) is 3.97. The molecule has 1 amide bonds. The minimum Gasteiger partial charge on any atom is -0.378 e. The number of rotatable bonds is 6. The zero-order valence-corrected chi connectivity index (χ0v) is 22.4. The predicted molar refractivity (Wildman–Crippen MR) is 139 cm³/mol. The van der Waals surface area contributed by atoms with Crippen LogP contribution >= 0.6 is 15.9 Å². The number of ether oxygens (including phenoxy) is 1. The van der Waals surface area contributed by atoms with Crippen LogP contribution in [0.1, 0.15) is 56.9 Å². The van der Waals surface area contributed by atoms with E-state index >= 15 is 0 Å². The summed E-state index contributed by atoms with van der Waals surface area (Å²) < 4.78 is 47.6. The molecule has 2 aliphatic heterocycles. The maximum absolute atomic E-state index is 13.9. The van der Waals surface area contributed by atoms with Crippen molar-refractivity contribution in [3.8, 4) is 0 Å². The number of halogens is 4. The number of carbonyl (C=O) groups is 1. The number of aryl methyl sites for hydroxylation is 2. The van der Waals surface area contributed by atoms with E-state index in [-0.39, 0.29) is 17.5 Å². The predicted octanol–water partition coefficient (Wildman–Crippen LogP) is 6.33. The Morgan fingerprint density at radius 1 is 1.11 bits per heavy atom. The molecule has 2 aromatic rings. The molecule has 1 N–H and O–H groups in total. The Morgan fingerprint density at radius 2 is 1.75 bits per heavy atom. The smallest absolute Gasteiger partial charge is 0.378 e. The summed E-state index contributed by atoms with van der Waals surface area (Å²) in [6.07, 6.45) is 0.0128. The Labute approximate surface area is 219 Å². The fraction of sp³-hybridized carbons (Fsp3) is 0.464. The second-order valence-corrected chi connectivity index (χ2v) is 10.7. The molecule has 2 aliphatic rings. The van der Waals surface area contributed by atoms with Crippen LogP contribution < -0.4 is 5.32 Å². The van der Waals surface area contributed by atoms with Crippen LogP contribution in [0.3, 0.4) is 0 Å². The molecule has 36 heavy (non-hydrogen) atoms. The van der Waals surface area contributed by atoms with Gasteiger partial charge in [-0.05, 0) is 89.5 Å². The van der Waals surface area contributed by atoms with Gasteiger partial charge in [0.1, 0.15) is 0 Å². The van der Waals surface area contributed by atoms with E-state index in [9.17, 15) is 18.0 Å². The van der Waals surface area contributed by atoms with Gasteiger partial charge in [-0.1, -0.05) is 30.4 Å². The molecule has 0 aliphatic carbocycles. The van der Waals surface area contributed by atoms with Crippen molar-refractivity contribution < 1.29 is 22.7 Å². The van der Waals surface area contributed by atoms with E-state index in [0.29, 0.717) is 21.6 Å². The van der Waals surface area contributed by atoms with Crippen molar-refractivity contribution in [2.75, 3.05) is 26.3 Å². The molecule has 2 saturated heterocycles. The lowest BCUT2D eigenvalue weighted by Gasteiger charge is -2.41. The van der Waals surface area contributed by atoms with Gasteiger partial charge in [-0.3, -0.25) is 9.69 Å². The molecule has 194 valence electrons. The minimum absolute atomic E-state index is 0.107. The van der Waals surface area contributed by atoms with Gasteiger partial charge in [0.2, 0.25) is 0 Å². The summed E-state index contributed by atoms with van der Waals surface area (Å²) in [5.74, 6) is -1.89. The molecule has 0 saturated carbocycles. The summed E-state index contributed by atoms with van der Waals surface area (Å²) in [6.45, 7) is 9.02. The van der Waals surface area contributed by atoms with Gasteiger partial charge in [-0.15, -0.1) is 0 Å². The molecular weight excluding hydrogens is 533 g/mol. The molecule has 8 heteroatoms. The van der Waals surface area contributed by atoms with Gasteiger partial charge in [0.05, 0.1) is 30.7 Å². The molecule has 2 heterocycles. The number of piperidine rings is 1. The van der Waals surface area contributed by atoms with Gasteiger partial charge in [-0.2, -0.15) is 13.2 Å². The summed E-state index contributed by atoms with van der Waals surface area (Å²) in [7, 11) is 0. The standard InChI is InChI=1S/C28H32BrF3N2O2/c1-17-12-21(13-18(2)19(17)3)25(28(30,31)32)7-5-20-4-6-24(26(29)14-20)27(35)33-22-8-10-34(11-9-22)23-15-36-16-23/h4-7,12-14,22-23,25H,8-11,15-16H2,1-3H3,(H,33,35)/b7-5+. The van der Waals surface area contributed by atoms with Crippen molar-refractivity contribution >= 4 is 27.9 Å². The lowest BCUT2D eigenvalue weighted by Crippen LogP contribution is -2.54. The number of carbonyl (C=O) groups excluding carboxylic acids is 1. The van der Waals surface area contributed by atoms with Crippen LogP contribution in [-0.4, -0.2) is 55.4 Å². The SMILES string of the molecule is Cc1cc(C(/C=C/c2ccc(C(=O)NC3CCN(C4COC4)CC3)c(Br)c2)C(F)(F)F)cc(C)c1C. The highest BCUT2D eigenvalue weighted by Crippen LogP contribution is 2.38. The Balaban J connectivity index is 1.43. The van der Waals surface area contributed by atoms with Crippen LogP contribution in [0.25, 0.3) is 6.08 Å². The van der Waals surface area contributed by atoms with Crippen LogP contribution in [0, 0.1) is 20.8 Å². The lowest BCUT2D eigenvalue weighted by atomic mass is 9.91. The largest absolute Gasteiger partial charge is 0.399 e. The van der Waals surface area contributed by atoms with E-state index < -0.39 is 12.1 Å². The van der Waals surface area contributed by atoms with Gasteiger partial charge in [0.15, 0.2) is 0 Å². The summed E-state index contributed by atoms with van der Waals surface area (Å²) >= 11 is 3.44. The Morgan fingerprint density at radius 3 is 2.28 bits per heavy atom. The Bertz CT molecular complexity index is 1110. The molecule has 0 spiro atoms. The molecule has 1 unspecified atom stereocenters. The van der Waals surface area contributed by atoms with E-state index in [1.165, 1.54) is 12.2 Å². The molecule has 1 atom stereocenters. The number of allylic oxidation sites excluding steroid dienone is 1. The normalized spacial score (nSPS) is 18.9. The fourth-order valence-corrected chi connectivity index (χ4v) is 5.37. The van der Waals surface area contributed by atoms with Crippen molar-refractivity contribution in [3.63, 3.8) is 0 Å². The number of nitrogens with zero attached hydrogens (tertiary/aromatic N) is 1. The van der Waals surface area contributed by atoms with E-state index in [2.05, 4.69) is 26.1 Å². The maximum Gasteiger partial charge on any atom is 0.399 e. The first-order chi connectivity index (χ1) is 17.0. The highest BCUT2D eigenvalue weighted by molar-refractivity contribution is 9.10. The van der Waals surface area contributed by atoms with E-state index in [1.54, 1.807) is 30.3 Å². The quantitative estimate of drug-likeness (QED) is 0.446. The van der Waals surface area contributed by atoms with E-state index in [1.807, 2.05) is 20.8 Å². The first kappa shape index (κ1) is 26.9. The topological polar surface area (TPSA) is 41.6 Å². The first-order valence-corrected chi connectivity index (χ1v) is 13.1. The third kappa shape index (κ3) is 6.21. The van der Waals surface area contributed by atoms with Crippen LogP contribution in [0.2, 0.25) is 0 Å². The molecule has 0 bridgehead atoms. The maximum atomic E-state index is 13.9. The monoisotopic (exact) mass is 564 g/mol. The molecule has 2 aromatic carbocycles. The molecule has 2 fully saturated rings. The number of benzene rings is 2. The highest BCUT2D eigenvalue weighted by atomic mass is 79.9. The zero-order chi connectivity index (χ0) is 26.0. The summed E-state index contributed by atoms with van der Waals surface area (Å²) in [4.78, 5) is 15.3. The Hall–Kier alpha value is -2.16. The molecule has 4 nitrogen and oxygen atoms in total. The van der Waals surface area contributed by atoms with Crippen molar-refractivity contribution in [1.82, 2.24) is 10.2 Å². The molecule has 0 aromatic heterocycles. The van der Waals surface area contributed by atoms with Crippen LogP contribution in [0.5, 0.6) is 0 Å². The number of hydrogen-bond acceptors (Lipinski definition) is 3. The van der Waals surface area contributed by atoms with Gasteiger partial charge >= 0.3 is 6.18 Å². The molecule has 4 rings (SSSR count). The second kappa shape index (κ2) is 11.1. The van der Waals surface area contributed by atoms with E-state index in [0.717, 1.165) is 55.8 Å². The van der Waals surface area contributed by atoms with Gasteiger partial charge < -0.3 is 10.1 Å². The molecule has 0 radical (unpaired) electrons. The Kier molecular flexibility index (Phi) is 8.27. The second-order valence-electron chi connectivity index (χ2n) is 9.87. The first-order valence-electron chi connectivity index (χ1n) is 12.3. The average Bonchev–Trinajstić information content (AvgIpc) is 2.76. The number of nitrogens with one attached hydrogen (secondary N) is 1. The van der Waals surface area contributed by atoms with Gasteiger partial charge in [-0.25, -0.2) is 0 Å². The summed E-state index contributed by atoms with van der Waals surface area (Å²) in [6, 6.07) is 8.85. The van der Waals surface area contributed by atoms with Gasteiger partial charge in [0, 0.05) is 23.6 Å². The number of likely N-dealkylation sites (tertiary alicyclic amines) is 1. The average molecular weight is 565 g/mol. The third-order valence-electron chi connectivity index (χ3n) is 7.38. The number of hydrogen-bond donors (Lipinski definition) is 1. The van der Waals surface area contributed by atoms with Crippen molar-refractivity contribution in [3.05, 3.63) is 74.3 Å². The van der Waals surface area contributed by atoms with E-state index in [4.69, 9.17) is 4.74 Å². The number of alkyl halides is 3. The van der Waals surface area contributed by atoms with Crippen molar-refractivity contribution in [2.45, 2.75) is 57.8 Å². The molecular formula is C28H32BrF3N2O2. The van der Waals surface area contributed by atoms with Gasteiger partial charge in [0.25, 0.3) is 5.91 Å². The van der Waals surface area contributed by atoms with Crippen LogP contribution in [0.4, 0.5) is 13.2 Å². The number of amides is 1. The highest BCUT2D eigenvalue weighted by Gasteiger charge is 2.39. The lowest BCUT2D eigenvalue weighted by molar-refractivity contribution is -0.139. The fourth-order valence-electron chi connectivity index (χ4n) is 4.79. The van der Waals surface area contributed by atoms with Crippen LogP contribution in [-0.2, 0) is 4.74 Å². The zero-order valence-electron chi connectivity index (χ0n) is 20.8. The van der Waals surface area contributed by atoms with Crippen LogP contribution in [0.15, 0.2) is 40.9 Å². The minimum atomic E-state index is -4.41. The van der Waals surface area contributed by atoms with Crippen molar-refractivity contribution in [2.24, 2.45) is 0 Å².